The molecule has 0 spiro atoms. The van der Waals surface area contributed by atoms with Crippen molar-refractivity contribution in [3.63, 3.8) is 0 Å². The first-order chi connectivity index (χ1) is 11.7. The predicted octanol–water partition coefficient (Wildman–Crippen LogP) is 3.69. The number of H-pyrrole nitrogens is 1. The molecule has 6 heteroatoms. The van der Waals surface area contributed by atoms with Gasteiger partial charge in [-0.3, -0.25) is 4.79 Å². The first-order valence-electron chi connectivity index (χ1n) is 7.35. The van der Waals surface area contributed by atoms with Crippen molar-refractivity contribution in [3.8, 4) is 0 Å². The van der Waals surface area contributed by atoms with Gasteiger partial charge in [-0.1, -0.05) is 30.3 Å². The second-order valence-corrected chi connectivity index (χ2v) is 5.94. The molecule has 0 aliphatic heterocycles. The molecule has 0 fully saturated rings. The molecule has 5 nitrogen and oxygen atoms in total. The van der Waals surface area contributed by atoms with Crippen molar-refractivity contribution in [2.24, 2.45) is 0 Å². The number of carbonyl (C=O) groups excluding carboxylic acids is 2. The molecule has 0 saturated heterocycles. The van der Waals surface area contributed by atoms with Crippen LogP contribution in [0.15, 0.2) is 59.5 Å². The van der Waals surface area contributed by atoms with Gasteiger partial charge in [-0.25, -0.2) is 4.79 Å². The highest BCUT2D eigenvalue weighted by Crippen LogP contribution is 2.24. The molecule has 0 saturated carbocycles. The van der Waals surface area contributed by atoms with Crippen LogP contribution in [0.1, 0.15) is 10.5 Å². The molecule has 1 amide bonds. The van der Waals surface area contributed by atoms with Gasteiger partial charge in [0, 0.05) is 15.8 Å². The summed E-state index contributed by atoms with van der Waals surface area (Å²) in [6.45, 7) is -0.336. The lowest BCUT2D eigenvalue weighted by molar-refractivity contribution is -0.119. The van der Waals surface area contributed by atoms with Crippen molar-refractivity contribution in [2.45, 2.75) is 4.90 Å². The number of esters is 1. The molecule has 0 aliphatic carbocycles. The molecular formula is C18H16N2O3S. The first kappa shape index (κ1) is 16.1. The second kappa shape index (κ2) is 7.23. The maximum atomic E-state index is 12.1. The number of aromatic nitrogens is 1. The summed E-state index contributed by atoms with van der Waals surface area (Å²) < 4.78 is 5.08. The number of aromatic amines is 1. The molecule has 1 heterocycles. The number of hydrogen-bond acceptors (Lipinski definition) is 4. The van der Waals surface area contributed by atoms with Crippen LogP contribution in [0.5, 0.6) is 0 Å². The standard InChI is InChI=1S/C18H16N2O3S/c1-24-16-9-5-4-8-14(16)20-17(21)11-23-18(22)15-10-12-6-2-3-7-13(12)19-15/h2-10,19H,11H2,1H3,(H,20,21). The normalized spacial score (nSPS) is 10.5. The van der Waals surface area contributed by atoms with Gasteiger partial charge >= 0.3 is 5.97 Å². The monoisotopic (exact) mass is 340 g/mol. The van der Waals surface area contributed by atoms with Gasteiger partial charge in [0.05, 0.1) is 5.69 Å². The lowest BCUT2D eigenvalue weighted by Gasteiger charge is -2.09. The van der Waals surface area contributed by atoms with E-state index in [2.05, 4.69) is 10.3 Å². The number of para-hydroxylation sites is 2. The number of nitrogens with one attached hydrogen (secondary N) is 2. The predicted molar refractivity (Wildman–Crippen MR) is 95.4 cm³/mol. The summed E-state index contributed by atoms with van der Waals surface area (Å²) in [6, 6.07) is 16.7. The van der Waals surface area contributed by atoms with Crippen molar-refractivity contribution >= 4 is 40.2 Å². The number of thioether (sulfide) groups is 1. The van der Waals surface area contributed by atoms with Crippen molar-refractivity contribution < 1.29 is 14.3 Å². The Bertz CT molecular complexity index is 856. The molecule has 0 aliphatic rings. The highest BCUT2D eigenvalue weighted by molar-refractivity contribution is 7.98. The lowest BCUT2D eigenvalue weighted by atomic mass is 10.2. The van der Waals surface area contributed by atoms with Gasteiger partial charge in [-0.05, 0) is 30.5 Å². The summed E-state index contributed by atoms with van der Waals surface area (Å²) in [4.78, 5) is 28.0. The number of ether oxygens (including phenoxy) is 1. The van der Waals surface area contributed by atoms with Gasteiger partial charge in [-0.2, -0.15) is 0 Å². The molecule has 1 aromatic heterocycles. The van der Waals surface area contributed by atoms with Gasteiger partial charge < -0.3 is 15.0 Å². The van der Waals surface area contributed by atoms with Gasteiger partial charge in [0.2, 0.25) is 0 Å². The Kier molecular flexibility index (Phi) is 4.86. The minimum absolute atomic E-state index is 0.327. The van der Waals surface area contributed by atoms with Gasteiger partial charge in [-0.15, -0.1) is 11.8 Å². The Morgan fingerprint density at radius 2 is 1.88 bits per heavy atom. The van der Waals surface area contributed by atoms with Crippen LogP contribution >= 0.6 is 11.8 Å². The molecule has 0 unspecified atom stereocenters. The minimum atomic E-state index is -0.556. The number of benzene rings is 2. The van der Waals surface area contributed by atoms with Crippen LogP contribution in [0, 0.1) is 0 Å². The lowest BCUT2D eigenvalue weighted by Crippen LogP contribution is -2.21. The third-order valence-corrected chi connectivity index (χ3v) is 4.26. The van der Waals surface area contributed by atoms with Crippen LogP contribution in [-0.2, 0) is 9.53 Å². The van der Waals surface area contributed by atoms with Crippen LogP contribution in [-0.4, -0.2) is 29.7 Å². The average molecular weight is 340 g/mol. The van der Waals surface area contributed by atoms with Crippen LogP contribution in [0.25, 0.3) is 10.9 Å². The SMILES string of the molecule is CSc1ccccc1NC(=O)COC(=O)c1cc2ccccc2[nH]1. The molecule has 2 N–H and O–H groups in total. The van der Waals surface area contributed by atoms with Crippen molar-refractivity contribution in [1.29, 1.82) is 0 Å². The summed E-state index contributed by atoms with van der Waals surface area (Å²) >= 11 is 1.53. The van der Waals surface area contributed by atoms with E-state index in [0.717, 1.165) is 15.8 Å². The highest BCUT2D eigenvalue weighted by atomic mass is 32.2. The molecule has 0 bridgehead atoms. The Morgan fingerprint density at radius 1 is 1.12 bits per heavy atom. The summed E-state index contributed by atoms with van der Waals surface area (Å²) in [6.07, 6.45) is 1.93. The number of carbonyl (C=O) groups is 2. The summed E-state index contributed by atoms with van der Waals surface area (Å²) in [5.41, 5.74) is 1.88. The van der Waals surface area contributed by atoms with E-state index in [1.54, 1.807) is 6.07 Å². The number of anilines is 1. The Labute approximate surface area is 143 Å². The topological polar surface area (TPSA) is 71.2 Å². The average Bonchev–Trinajstić information content (AvgIpc) is 3.04. The maximum absolute atomic E-state index is 12.1. The van der Waals surface area contributed by atoms with Crippen LogP contribution in [0.4, 0.5) is 5.69 Å². The summed E-state index contributed by atoms with van der Waals surface area (Å²) in [5.74, 6) is -0.930. The number of amides is 1. The first-order valence-corrected chi connectivity index (χ1v) is 8.57. The highest BCUT2D eigenvalue weighted by Gasteiger charge is 2.13. The van der Waals surface area contributed by atoms with Gasteiger partial charge in [0.15, 0.2) is 6.61 Å². The van der Waals surface area contributed by atoms with Crippen molar-refractivity contribution in [2.75, 3.05) is 18.2 Å². The maximum Gasteiger partial charge on any atom is 0.355 e. The van der Waals surface area contributed by atoms with Crippen molar-refractivity contribution in [3.05, 3.63) is 60.3 Å². The Hall–Kier alpha value is -2.73. The zero-order chi connectivity index (χ0) is 16.9. The molecular weight excluding hydrogens is 324 g/mol. The van der Waals surface area contributed by atoms with E-state index in [1.165, 1.54) is 11.8 Å². The molecule has 2 aromatic carbocycles. The fraction of sp³-hybridized carbons (Fsp3) is 0.111. The van der Waals surface area contributed by atoms with Crippen LogP contribution in [0.3, 0.4) is 0 Å². The van der Waals surface area contributed by atoms with E-state index in [4.69, 9.17) is 4.74 Å². The van der Waals surface area contributed by atoms with E-state index in [-0.39, 0.29) is 12.5 Å². The van der Waals surface area contributed by atoms with Gasteiger partial charge in [0.1, 0.15) is 5.69 Å². The molecule has 122 valence electrons. The third-order valence-electron chi connectivity index (χ3n) is 3.47. The third kappa shape index (κ3) is 3.60. The van der Waals surface area contributed by atoms with E-state index in [0.29, 0.717) is 11.4 Å². The molecule has 24 heavy (non-hydrogen) atoms. The fourth-order valence-electron chi connectivity index (χ4n) is 2.33. The zero-order valence-corrected chi connectivity index (χ0v) is 13.9. The van der Waals surface area contributed by atoms with Gasteiger partial charge in [0.25, 0.3) is 5.91 Å². The van der Waals surface area contributed by atoms with E-state index in [1.807, 2.05) is 54.8 Å². The van der Waals surface area contributed by atoms with E-state index < -0.39 is 5.97 Å². The fourth-order valence-corrected chi connectivity index (χ4v) is 2.88. The quantitative estimate of drug-likeness (QED) is 0.549. The second-order valence-electron chi connectivity index (χ2n) is 5.09. The Morgan fingerprint density at radius 3 is 2.67 bits per heavy atom. The number of rotatable bonds is 5. The summed E-state index contributed by atoms with van der Waals surface area (Å²) in [5, 5.41) is 3.67. The molecule has 3 rings (SSSR count). The number of hydrogen-bond donors (Lipinski definition) is 2. The molecule has 0 atom stereocenters. The van der Waals surface area contributed by atoms with Crippen LogP contribution in [0.2, 0.25) is 0 Å². The Balaban J connectivity index is 1.60. The molecule has 0 radical (unpaired) electrons. The zero-order valence-electron chi connectivity index (χ0n) is 13.0. The van der Waals surface area contributed by atoms with E-state index in [9.17, 15) is 9.59 Å². The van der Waals surface area contributed by atoms with E-state index >= 15 is 0 Å². The molecule has 3 aromatic rings. The van der Waals surface area contributed by atoms with Crippen LogP contribution < -0.4 is 5.32 Å². The number of fused-ring (bicyclic) bond motifs is 1. The minimum Gasteiger partial charge on any atom is -0.451 e. The van der Waals surface area contributed by atoms with Crippen molar-refractivity contribution in [1.82, 2.24) is 4.98 Å². The smallest absolute Gasteiger partial charge is 0.355 e. The largest absolute Gasteiger partial charge is 0.451 e. The summed E-state index contributed by atoms with van der Waals surface area (Å²) in [7, 11) is 0.